The molecule has 1 fully saturated rings. The largest absolute Gasteiger partial charge is 0.361 e. The molecular formula is C18H21N3O5S. The lowest BCUT2D eigenvalue weighted by molar-refractivity contribution is 0.0753. The summed E-state index contributed by atoms with van der Waals surface area (Å²) in [5.41, 5.74) is 0.571. The third-order valence-electron chi connectivity index (χ3n) is 4.47. The maximum Gasteiger partial charge on any atom is 0.276 e. The van der Waals surface area contributed by atoms with Crippen molar-refractivity contribution in [2.45, 2.75) is 25.2 Å². The molecule has 2 heterocycles. The second-order valence-corrected chi connectivity index (χ2v) is 8.39. The molecule has 27 heavy (non-hydrogen) atoms. The van der Waals surface area contributed by atoms with E-state index in [1.54, 1.807) is 30.0 Å². The normalized spacial score (nSPS) is 16.1. The van der Waals surface area contributed by atoms with Crippen LogP contribution in [0.15, 0.2) is 39.8 Å². The van der Waals surface area contributed by atoms with E-state index in [0.29, 0.717) is 30.8 Å². The number of amides is 1. The van der Waals surface area contributed by atoms with Crippen LogP contribution in [0, 0.1) is 6.92 Å². The Bertz CT molecular complexity index is 967. The lowest BCUT2D eigenvalue weighted by Crippen LogP contribution is -2.37. The topological polar surface area (TPSA) is 101 Å². The van der Waals surface area contributed by atoms with Crippen LogP contribution in [0.4, 0.5) is 0 Å². The van der Waals surface area contributed by atoms with Gasteiger partial charge in [0.25, 0.3) is 5.91 Å². The van der Waals surface area contributed by atoms with Gasteiger partial charge in [0, 0.05) is 37.8 Å². The Balaban J connectivity index is 1.76. The molecule has 1 amide bonds. The van der Waals surface area contributed by atoms with Crippen molar-refractivity contribution in [1.82, 2.24) is 14.4 Å². The molecule has 0 aliphatic carbocycles. The van der Waals surface area contributed by atoms with Gasteiger partial charge in [-0.1, -0.05) is 17.3 Å². The lowest BCUT2D eigenvalue weighted by atomic mass is 10.2. The number of aryl methyl sites for hydroxylation is 1. The highest BCUT2D eigenvalue weighted by atomic mass is 32.2. The van der Waals surface area contributed by atoms with Gasteiger partial charge in [0.2, 0.25) is 10.0 Å². The molecule has 1 saturated heterocycles. The van der Waals surface area contributed by atoms with Crippen molar-refractivity contribution in [2.24, 2.45) is 0 Å². The first kappa shape index (κ1) is 19.2. The molecule has 1 aliphatic rings. The maximum absolute atomic E-state index is 12.9. The number of sulfonamides is 1. The molecule has 3 rings (SSSR count). The first-order valence-electron chi connectivity index (χ1n) is 8.63. The zero-order chi connectivity index (χ0) is 19.6. The van der Waals surface area contributed by atoms with Gasteiger partial charge < -0.3 is 9.42 Å². The van der Waals surface area contributed by atoms with Crippen molar-refractivity contribution < 1.29 is 22.5 Å². The van der Waals surface area contributed by atoms with Crippen molar-refractivity contribution >= 4 is 21.7 Å². The van der Waals surface area contributed by atoms with E-state index in [4.69, 9.17) is 4.52 Å². The number of aromatic nitrogens is 1. The summed E-state index contributed by atoms with van der Waals surface area (Å²) in [6.45, 7) is 4.27. The third kappa shape index (κ3) is 4.09. The minimum absolute atomic E-state index is 0.0853. The highest BCUT2D eigenvalue weighted by Gasteiger charge is 2.29. The molecule has 0 bridgehead atoms. The highest BCUT2D eigenvalue weighted by Crippen LogP contribution is 2.20. The molecule has 2 aromatic rings. The van der Waals surface area contributed by atoms with Gasteiger partial charge in [-0.15, -0.1) is 0 Å². The van der Waals surface area contributed by atoms with Gasteiger partial charge >= 0.3 is 0 Å². The van der Waals surface area contributed by atoms with E-state index in [9.17, 15) is 18.0 Å². The first-order valence-corrected chi connectivity index (χ1v) is 10.1. The fourth-order valence-electron chi connectivity index (χ4n) is 2.99. The van der Waals surface area contributed by atoms with Gasteiger partial charge in [0.15, 0.2) is 11.5 Å². The van der Waals surface area contributed by atoms with Gasteiger partial charge in [-0.25, -0.2) is 8.42 Å². The average molecular weight is 391 g/mol. The molecule has 9 heteroatoms. The number of carbonyl (C=O) groups is 2. The van der Waals surface area contributed by atoms with E-state index in [1.807, 2.05) is 0 Å². The van der Waals surface area contributed by atoms with Crippen LogP contribution < -0.4 is 0 Å². The number of Topliss-reactive ketones (excluding diaryl/α,β-unsaturated/α-hetero) is 1. The summed E-state index contributed by atoms with van der Waals surface area (Å²) >= 11 is 0. The minimum Gasteiger partial charge on any atom is -0.361 e. The third-order valence-corrected chi connectivity index (χ3v) is 6.36. The molecule has 1 aromatic heterocycles. The second-order valence-electron chi connectivity index (χ2n) is 6.46. The van der Waals surface area contributed by atoms with Gasteiger partial charge in [-0.05, 0) is 32.4 Å². The molecule has 1 aliphatic heterocycles. The van der Waals surface area contributed by atoms with E-state index < -0.39 is 10.0 Å². The van der Waals surface area contributed by atoms with E-state index in [1.165, 1.54) is 23.4 Å². The Morgan fingerprint density at radius 2 is 1.89 bits per heavy atom. The molecule has 0 atom stereocenters. The van der Waals surface area contributed by atoms with E-state index in [-0.39, 0.29) is 35.4 Å². The maximum atomic E-state index is 12.9. The molecule has 0 unspecified atom stereocenters. The zero-order valence-corrected chi connectivity index (χ0v) is 16.0. The quantitative estimate of drug-likeness (QED) is 0.736. The molecule has 144 valence electrons. The first-order chi connectivity index (χ1) is 12.8. The second kappa shape index (κ2) is 7.61. The van der Waals surface area contributed by atoms with Crippen molar-refractivity contribution in [3.8, 4) is 0 Å². The Morgan fingerprint density at radius 3 is 2.56 bits per heavy atom. The predicted molar refractivity (Wildman–Crippen MR) is 97.0 cm³/mol. The molecule has 0 radical (unpaired) electrons. The summed E-state index contributed by atoms with van der Waals surface area (Å²) in [6, 6.07) is 7.58. The molecule has 0 N–H and O–H groups in total. The summed E-state index contributed by atoms with van der Waals surface area (Å²) in [5, 5.41) is 3.73. The van der Waals surface area contributed by atoms with E-state index >= 15 is 0 Å². The standard InChI is InChI=1S/C18H21N3O5S/c1-13-11-17(19-26-13)18(23)20-7-4-8-21(10-9-20)27(24,25)16-6-3-5-15(12-16)14(2)22/h3,5-6,11-12H,4,7-10H2,1-2H3. The Morgan fingerprint density at radius 1 is 1.11 bits per heavy atom. The van der Waals surface area contributed by atoms with Gasteiger partial charge in [-0.2, -0.15) is 4.31 Å². The Hall–Kier alpha value is -2.52. The van der Waals surface area contributed by atoms with Crippen LogP contribution in [0.2, 0.25) is 0 Å². The van der Waals surface area contributed by atoms with Crippen molar-refractivity contribution in [3.05, 3.63) is 47.3 Å². The SMILES string of the molecule is CC(=O)c1cccc(S(=O)(=O)N2CCCN(C(=O)c3cc(C)on3)CC2)c1. The van der Waals surface area contributed by atoms with Crippen molar-refractivity contribution in [3.63, 3.8) is 0 Å². The summed E-state index contributed by atoms with van der Waals surface area (Å²) in [6.07, 6.45) is 0.508. The van der Waals surface area contributed by atoms with Crippen LogP contribution in [0.1, 0.15) is 40.0 Å². The van der Waals surface area contributed by atoms with Crippen LogP contribution in [0.3, 0.4) is 0 Å². The van der Waals surface area contributed by atoms with E-state index in [0.717, 1.165) is 0 Å². The number of hydrogen-bond acceptors (Lipinski definition) is 6. The van der Waals surface area contributed by atoms with E-state index in [2.05, 4.69) is 5.16 Å². The minimum atomic E-state index is -3.74. The number of hydrogen-bond donors (Lipinski definition) is 0. The number of benzene rings is 1. The number of ketones is 1. The number of carbonyl (C=O) groups excluding carboxylic acids is 2. The molecule has 0 saturated carbocycles. The van der Waals surface area contributed by atoms with Crippen LogP contribution in [0.5, 0.6) is 0 Å². The van der Waals surface area contributed by atoms with Crippen molar-refractivity contribution in [2.75, 3.05) is 26.2 Å². The smallest absolute Gasteiger partial charge is 0.276 e. The molecular weight excluding hydrogens is 370 g/mol. The van der Waals surface area contributed by atoms with Crippen molar-refractivity contribution in [1.29, 1.82) is 0 Å². The fourth-order valence-corrected chi connectivity index (χ4v) is 4.51. The average Bonchev–Trinajstić information content (AvgIpc) is 2.92. The number of nitrogens with zero attached hydrogens (tertiary/aromatic N) is 3. The van der Waals surface area contributed by atoms with Gasteiger partial charge in [0.05, 0.1) is 4.90 Å². The number of rotatable bonds is 4. The summed E-state index contributed by atoms with van der Waals surface area (Å²) in [7, 11) is -3.74. The zero-order valence-electron chi connectivity index (χ0n) is 15.2. The predicted octanol–water partition coefficient (Wildman–Crippen LogP) is 1.72. The summed E-state index contributed by atoms with van der Waals surface area (Å²) < 4.78 is 32.2. The monoisotopic (exact) mass is 391 g/mol. The fraction of sp³-hybridized carbons (Fsp3) is 0.389. The van der Waals surface area contributed by atoms with Crippen LogP contribution in [-0.2, 0) is 10.0 Å². The molecule has 1 aromatic carbocycles. The molecule has 0 spiro atoms. The summed E-state index contributed by atoms with van der Waals surface area (Å²) in [5.74, 6) is 0.0787. The van der Waals surface area contributed by atoms with Crippen LogP contribution >= 0.6 is 0 Å². The van der Waals surface area contributed by atoms with Crippen LogP contribution in [-0.4, -0.2) is 60.6 Å². The van der Waals surface area contributed by atoms with Crippen LogP contribution in [0.25, 0.3) is 0 Å². The Labute approximate surface area is 157 Å². The highest BCUT2D eigenvalue weighted by molar-refractivity contribution is 7.89. The molecule has 8 nitrogen and oxygen atoms in total. The van der Waals surface area contributed by atoms with Gasteiger partial charge in [-0.3, -0.25) is 9.59 Å². The summed E-state index contributed by atoms with van der Waals surface area (Å²) in [4.78, 5) is 25.7. The van der Waals surface area contributed by atoms with Gasteiger partial charge in [0.1, 0.15) is 5.76 Å². The Kier molecular flexibility index (Phi) is 5.43. The lowest BCUT2D eigenvalue weighted by Gasteiger charge is -2.21.